The van der Waals surface area contributed by atoms with Crippen LogP contribution < -0.4 is 32.7 Å². The van der Waals surface area contributed by atoms with Gasteiger partial charge in [0.1, 0.15) is 24.2 Å². The standard InChI is InChI=1S/C49H58N8O7/c50-49(51)53-26-13-22-38(46(62)56-40(31-44(59)60)45(61)52-27-25-37(34-18-9-3-10-19-34)35-20-11-4-12-21-35)55-47(63)42-30-36(28-32-14-5-1-6-15-32)41-24-23-39(48(64)57(41)42)54-43(58)29-33-16-7-2-8-17-33/h1-12,14-21,36-42H,13,22-31H2,(H,52,61)(H,54,58)(H,55,63)(H,56,62)(H,59,60)(H4,50,51,53)/t36-,38-,39-,40-,41-,42-/m0/s1. The largest absolute Gasteiger partial charge is 0.481 e. The van der Waals surface area contributed by atoms with E-state index in [-0.39, 0.29) is 68.0 Å². The zero-order valence-electron chi connectivity index (χ0n) is 35.8. The van der Waals surface area contributed by atoms with Gasteiger partial charge < -0.3 is 42.7 Å². The maximum atomic E-state index is 14.5. The molecule has 4 aromatic rings. The minimum Gasteiger partial charge on any atom is -0.481 e. The van der Waals surface area contributed by atoms with Crippen molar-refractivity contribution in [1.82, 2.24) is 26.2 Å². The summed E-state index contributed by atoms with van der Waals surface area (Å²) in [6, 6.07) is 33.8. The van der Waals surface area contributed by atoms with Crippen LogP contribution in [-0.4, -0.2) is 94.8 Å². The number of fused-ring (bicyclic) bond motifs is 1. The minimum absolute atomic E-state index is 0.0291. The van der Waals surface area contributed by atoms with Crippen LogP contribution in [0.5, 0.6) is 0 Å². The van der Waals surface area contributed by atoms with Crippen LogP contribution in [0.4, 0.5) is 0 Å². The molecule has 0 saturated carbocycles. The first-order chi connectivity index (χ1) is 31.0. The third kappa shape index (κ3) is 13.0. The molecule has 2 aliphatic rings. The second-order valence-electron chi connectivity index (χ2n) is 16.5. The number of piperidine rings is 1. The lowest BCUT2D eigenvalue weighted by atomic mass is 9.86. The van der Waals surface area contributed by atoms with Crippen molar-refractivity contribution in [2.24, 2.45) is 22.4 Å². The van der Waals surface area contributed by atoms with E-state index in [1.54, 1.807) is 4.90 Å². The van der Waals surface area contributed by atoms with Gasteiger partial charge >= 0.3 is 5.97 Å². The van der Waals surface area contributed by atoms with Gasteiger partial charge in [0.25, 0.3) is 0 Å². The summed E-state index contributed by atoms with van der Waals surface area (Å²) in [5.41, 5.74) is 15.0. The summed E-state index contributed by atoms with van der Waals surface area (Å²) in [4.78, 5) is 87.4. The molecule has 4 aromatic carbocycles. The highest BCUT2D eigenvalue weighted by molar-refractivity contribution is 5.97. The normalized spacial score (nSPS) is 18.8. The Bertz CT molecular complexity index is 2190. The number of amides is 5. The fourth-order valence-electron chi connectivity index (χ4n) is 8.93. The van der Waals surface area contributed by atoms with Crippen molar-refractivity contribution < 1.29 is 33.9 Å². The van der Waals surface area contributed by atoms with E-state index in [9.17, 15) is 33.9 Å². The summed E-state index contributed by atoms with van der Waals surface area (Å²) >= 11 is 0. The second-order valence-corrected chi connectivity index (χ2v) is 16.5. The predicted octanol–water partition coefficient (Wildman–Crippen LogP) is 3.17. The maximum absolute atomic E-state index is 14.5. The van der Waals surface area contributed by atoms with E-state index in [4.69, 9.17) is 11.5 Å². The van der Waals surface area contributed by atoms with Crippen molar-refractivity contribution in [2.75, 3.05) is 13.1 Å². The summed E-state index contributed by atoms with van der Waals surface area (Å²) in [7, 11) is 0. The molecule has 0 spiro atoms. The molecule has 2 saturated heterocycles. The molecule has 0 bridgehead atoms. The average molecular weight is 871 g/mol. The van der Waals surface area contributed by atoms with Gasteiger partial charge in [-0.1, -0.05) is 121 Å². The molecular formula is C49H58N8O7. The molecule has 2 aliphatic heterocycles. The zero-order valence-corrected chi connectivity index (χ0v) is 35.8. The number of hydrogen-bond donors (Lipinski definition) is 7. The molecule has 15 nitrogen and oxygen atoms in total. The third-order valence-electron chi connectivity index (χ3n) is 12.0. The Morgan fingerprint density at radius 3 is 1.92 bits per heavy atom. The lowest BCUT2D eigenvalue weighted by Crippen LogP contribution is -2.61. The van der Waals surface area contributed by atoms with E-state index >= 15 is 0 Å². The molecule has 336 valence electrons. The van der Waals surface area contributed by atoms with Gasteiger partial charge in [-0.15, -0.1) is 0 Å². The van der Waals surface area contributed by atoms with Crippen molar-refractivity contribution >= 4 is 41.5 Å². The van der Waals surface area contributed by atoms with E-state index in [0.29, 0.717) is 32.1 Å². The Labute approximate surface area is 373 Å². The van der Waals surface area contributed by atoms with Crippen LogP contribution in [0.3, 0.4) is 0 Å². The number of nitrogens with zero attached hydrogens (tertiary/aromatic N) is 2. The van der Waals surface area contributed by atoms with E-state index in [1.165, 1.54) is 0 Å². The van der Waals surface area contributed by atoms with Gasteiger partial charge in [0.15, 0.2) is 5.96 Å². The lowest BCUT2D eigenvalue weighted by molar-refractivity contribution is -0.147. The van der Waals surface area contributed by atoms with E-state index in [2.05, 4.69) is 26.3 Å². The molecular weight excluding hydrogens is 813 g/mol. The summed E-state index contributed by atoms with van der Waals surface area (Å²) in [6.45, 7) is 0.313. The fraction of sp³-hybridized carbons (Fsp3) is 0.367. The van der Waals surface area contributed by atoms with E-state index in [0.717, 1.165) is 22.3 Å². The van der Waals surface area contributed by atoms with Crippen LogP contribution in [0, 0.1) is 5.92 Å². The number of guanidine groups is 1. The van der Waals surface area contributed by atoms with Crippen molar-refractivity contribution in [1.29, 1.82) is 0 Å². The summed E-state index contributed by atoms with van der Waals surface area (Å²) in [6.07, 6.45) is 2.02. The SMILES string of the molecule is NC(N)=NCCC[C@H](NC(=O)[C@@H]1C[C@H](Cc2ccccc2)[C@@H]2CC[C@H](NC(=O)Cc3ccccc3)C(=O)N12)C(=O)N[C@@H](CC(=O)O)C(=O)NCCC(c1ccccc1)c1ccccc1. The smallest absolute Gasteiger partial charge is 0.305 e. The molecule has 0 aromatic heterocycles. The minimum atomic E-state index is -1.47. The zero-order chi connectivity index (χ0) is 45.4. The van der Waals surface area contributed by atoms with E-state index in [1.807, 2.05) is 121 Å². The molecule has 0 aliphatic carbocycles. The molecule has 0 radical (unpaired) electrons. The number of carbonyl (C=O) groups excluding carboxylic acids is 5. The number of nitrogens with two attached hydrogens (primary N) is 2. The number of carboxylic acid groups (broad SMARTS) is 1. The highest BCUT2D eigenvalue weighted by atomic mass is 16.4. The molecule has 15 heteroatoms. The van der Waals surface area contributed by atoms with Crippen LogP contribution >= 0.6 is 0 Å². The van der Waals surface area contributed by atoms with Crippen LogP contribution in [0.25, 0.3) is 0 Å². The Hall–Kier alpha value is -7.03. The molecule has 2 fully saturated rings. The highest BCUT2D eigenvalue weighted by Gasteiger charge is 2.51. The maximum Gasteiger partial charge on any atom is 0.305 e. The third-order valence-corrected chi connectivity index (χ3v) is 12.0. The number of benzene rings is 4. The number of aliphatic imine (C=N–C) groups is 1. The lowest BCUT2D eigenvalue weighted by Gasteiger charge is -2.39. The van der Waals surface area contributed by atoms with Crippen LogP contribution in [0.15, 0.2) is 126 Å². The van der Waals surface area contributed by atoms with Crippen LogP contribution in [0.1, 0.15) is 73.1 Å². The number of carboxylic acids is 1. The van der Waals surface area contributed by atoms with Gasteiger partial charge in [-0.2, -0.15) is 0 Å². The summed E-state index contributed by atoms with van der Waals surface area (Å²) in [5, 5.41) is 21.0. The Balaban J connectivity index is 1.17. The first-order valence-corrected chi connectivity index (χ1v) is 21.9. The fourth-order valence-corrected chi connectivity index (χ4v) is 8.93. The Kier molecular flexibility index (Phi) is 16.6. The van der Waals surface area contributed by atoms with Gasteiger partial charge in [-0.25, -0.2) is 0 Å². The molecule has 0 unspecified atom stereocenters. The number of rotatable bonds is 21. The summed E-state index contributed by atoms with van der Waals surface area (Å²) in [5.74, 6) is -4.36. The number of aliphatic carboxylic acids is 1. The first-order valence-electron chi connectivity index (χ1n) is 21.9. The molecule has 6 atom stereocenters. The average Bonchev–Trinajstić information content (AvgIpc) is 3.66. The first kappa shape index (κ1) is 46.5. The number of carbonyl (C=O) groups is 6. The Morgan fingerprint density at radius 2 is 1.33 bits per heavy atom. The predicted molar refractivity (Wildman–Crippen MR) is 242 cm³/mol. The highest BCUT2D eigenvalue weighted by Crippen LogP contribution is 2.39. The van der Waals surface area contributed by atoms with Gasteiger partial charge in [-0.3, -0.25) is 33.8 Å². The van der Waals surface area contributed by atoms with Gasteiger partial charge in [0, 0.05) is 25.0 Å². The van der Waals surface area contributed by atoms with Crippen molar-refractivity contribution in [3.8, 4) is 0 Å². The van der Waals surface area contributed by atoms with Crippen molar-refractivity contribution in [2.45, 2.75) is 93.9 Å². The molecule has 9 N–H and O–H groups in total. The monoisotopic (exact) mass is 870 g/mol. The molecule has 2 heterocycles. The number of hydrogen-bond acceptors (Lipinski definition) is 7. The van der Waals surface area contributed by atoms with Gasteiger partial charge in [0.2, 0.25) is 29.5 Å². The van der Waals surface area contributed by atoms with Gasteiger partial charge in [-0.05, 0) is 73.1 Å². The second kappa shape index (κ2) is 22.9. The topological polar surface area (TPSA) is 238 Å². The molecule has 64 heavy (non-hydrogen) atoms. The molecule has 5 amide bonds. The van der Waals surface area contributed by atoms with Crippen LogP contribution in [-0.2, 0) is 41.6 Å². The van der Waals surface area contributed by atoms with Crippen molar-refractivity contribution in [3.05, 3.63) is 144 Å². The molecule has 6 rings (SSSR count). The van der Waals surface area contributed by atoms with Gasteiger partial charge in [0.05, 0.1) is 12.8 Å². The van der Waals surface area contributed by atoms with Crippen molar-refractivity contribution in [3.63, 3.8) is 0 Å². The quantitative estimate of drug-likeness (QED) is 0.0369. The Morgan fingerprint density at radius 1 is 0.734 bits per heavy atom. The van der Waals surface area contributed by atoms with E-state index < -0.39 is 54.3 Å². The van der Waals surface area contributed by atoms with Crippen LogP contribution in [0.2, 0.25) is 0 Å². The number of nitrogens with one attached hydrogen (secondary N) is 4. The summed E-state index contributed by atoms with van der Waals surface area (Å²) < 4.78 is 0.